The summed E-state index contributed by atoms with van der Waals surface area (Å²) in [6, 6.07) is 7.00. The molecule has 2 rings (SSSR count). The lowest BCUT2D eigenvalue weighted by molar-refractivity contribution is 0.237. The fourth-order valence-corrected chi connectivity index (χ4v) is 2.19. The number of ether oxygens (including phenoxy) is 1. The molecule has 1 aromatic heterocycles. The molecule has 1 aromatic carbocycles. The maximum Gasteiger partial charge on any atom is 0.315 e. The van der Waals surface area contributed by atoms with Gasteiger partial charge in [0.25, 0.3) is 0 Å². The normalized spacial score (nSPS) is 11.8. The van der Waals surface area contributed by atoms with Crippen molar-refractivity contribution in [2.45, 2.75) is 19.5 Å². The number of urea groups is 1. The highest BCUT2D eigenvalue weighted by atomic mass is 35.5. The molecular weight excluding hydrogens is 304 g/mol. The molecule has 0 unspecified atom stereocenters. The predicted octanol–water partition coefficient (Wildman–Crippen LogP) is 2.64. The van der Waals surface area contributed by atoms with E-state index in [1.54, 1.807) is 31.0 Å². The third-order valence-corrected chi connectivity index (χ3v) is 3.47. The molecule has 0 aliphatic carbocycles. The number of nitrogens with one attached hydrogen (secondary N) is 2. The Labute approximate surface area is 134 Å². The average Bonchev–Trinajstić information content (AvgIpc) is 2.86. The van der Waals surface area contributed by atoms with Gasteiger partial charge in [-0.15, -0.1) is 5.10 Å². The number of rotatable bonds is 5. The number of hydrogen-bond acceptors (Lipinski definition) is 3. The van der Waals surface area contributed by atoms with Crippen molar-refractivity contribution in [3.05, 3.63) is 46.6 Å². The third-order valence-electron chi connectivity index (χ3n) is 3.22. The van der Waals surface area contributed by atoms with Gasteiger partial charge in [-0.1, -0.05) is 23.7 Å². The minimum Gasteiger partial charge on any atom is -0.480 e. The molecule has 0 aliphatic rings. The van der Waals surface area contributed by atoms with Gasteiger partial charge >= 0.3 is 6.03 Å². The quantitative estimate of drug-likeness (QED) is 0.889. The molecule has 118 valence electrons. The highest BCUT2D eigenvalue weighted by molar-refractivity contribution is 6.30. The Kier molecular flexibility index (Phi) is 5.27. The maximum atomic E-state index is 12.0. The Bertz CT molecular complexity index is 639. The van der Waals surface area contributed by atoms with Crippen molar-refractivity contribution in [3.8, 4) is 5.88 Å². The van der Waals surface area contributed by atoms with E-state index in [1.807, 2.05) is 25.3 Å². The summed E-state index contributed by atoms with van der Waals surface area (Å²) in [6.45, 7) is 2.25. The Hall–Kier alpha value is -2.21. The molecule has 1 atom stereocenters. The number of hydrogen-bond donors (Lipinski definition) is 2. The van der Waals surface area contributed by atoms with Crippen LogP contribution in [0, 0.1) is 0 Å². The van der Waals surface area contributed by atoms with Crippen molar-refractivity contribution in [1.82, 2.24) is 20.4 Å². The maximum absolute atomic E-state index is 12.0. The van der Waals surface area contributed by atoms with E-state index in [0.717, 1.165) is 11.1 Å². The zero-order valence-corrected chi connectivity index (χ0v) is 13.5. The van der Waals surface area contributed by atoms with Crippen LogP contribution >= 0.6 is 11.6 Å². The largest absolute Gasteiger partial charge is 0.480 e. The number of benzene rings is 1. The minimum atomic E-state index is -0.256. The Balaban J connectivity index is 1.88. The number of amides is 2. The number of nitrogens with zero attached hydrogens (tertiary/aromatic N) is 2. The van der Waals surface area contributed by atoms with E-state index in [9.17, 15) is 4.79 Å². The lowest BCUT2D eigenvalue weighted by Gasteiger charge is -2.15. The second-order valence-corrected chi connectivity index (χ2v) is 5.37. The van der Waals surface area contributed by atoms with Gasteiger partial charge in [0, 0.05) is 18.3 Å². The van der Waals surface area contributed by atoms with Gasteiger partial charge in [-0.3, -0.25) is 4.68 Å². The van der Waals surface area contributed by atoms with Gasteiger partial charge in [0.05, 0.1) is 25.3 Å². The van der Waals surface area contributed by atoms with Crippen LogP contribution in [0.4, 0.5) is 4.79 Å². The summed E-state index contributed by atoms with van der Waals surface area (Å²) >= 11 is 5.85. The second kappa shape index (κ2) is 7.17. The zero-order valence-electron chi connectivity index (χ0n) is 12.8. The lowest BCUT2D eigenvalue weighted by atomic mass is 10.1. The topological polar surface area (TPSA) is 68.2 Å². The van der Waals surface area contributed by atoms with Crippen molar-refractivity contribution in [1.29, 1.82) is 0 Å². The number of carbonyl (C=O) groups excluding carboxylic acids is 1. The standard InChI is InChI=1S/C15H19ClN4O2/c1-10(11-4-6-13(16)7-5-11)18-15(21)17-8-12-9-20(2)19-14(12)22-3/h4-7,9-10H,8H2,1-3H3,(H2,17,18,21)/t10-/m1/s1. The van der Waals surface area contributed by atoms with Gasteiger partial charge in [-0.05, 0) is 24.6 Å². The first-order chi connectivity index (χ1) is 10.5. The highest BCUT2D eigenvalue weighted by Crippen LogP contribution is 2.16. The van der Waals surface area contributed by atoms with Crippen LogP contribution in [0.25, 0.3) is 0 Å². The number of methoxy groups -OCH3 is 1. The predicted molar refractivity (Wildman–Crippen MR) is 85.0 cm³/mol. The van der Waals surface area contributed by atoms with E-state index < -0.39 is 0 Å². The van der Waals surface area contributed by atoms with Gasteiger partial charge in [-0.25, -0.2) is 4.79 Å². The average molecular weight is 323 g/mol. The smallest absolute Gasteiger partial charge is 0.315 e. The van der Waals surface area contributed by atoms with E-state index in [2.05, 4.69) is 15.7 Å². The molecule has 7 heteroatoms. The molecule has 0 aliphatic heterocycles. The molecule has 2 N–H and O–H groups in total. The SMILES string of the molecule is COc1nn(C)cc1CNC(=O)N[C@H](C)c1ccc(Cl)cc1. The molecule has 0 saturated carbocycles. The van der Waals surface area contributed by atoms with E-state index in [0.29, 0.717) is 17.4 Å². The van der Waals surface area contributed by atoms with Crippen LogP contribution in [-0.2, 0) is 13.6 Å². The van der Waals surface area contributed by atoms with E-state index in [1.165, 1.54) is 0 Å². The molecule has 2 aromatic rings. The summed E-state index contributed by atoms with van der Waals surface area (Å²) in [5, 5.41) is 10.5. The van der Waals surface area contributed by atoms with Crippen LogP contribution < -0.4 is 15.4 Å². The van der Waals surface area contributed by atoms with Crippen molar-refractivity contribution < 1.29 is 9.53 Å². The summed E-state index contributed by atoms with van der Waals surface area (Å²) in [5.41, 5.74) is 1.80. The molecule has 0 fully saturated rings. The summed E-state index contributed by atoms with van der Waals surface area (Å²) in [6.07, 6.45) is 1.81. The Morgan fingerprint density at radius 3 is 2.73 bits per heavy atom. The van der Waals surface area contributed by atoms with Crippen LogP contribution in [0.2, 0.25) is 5.02 Å². The van der Waals surface area contributed by atoms with Crippen LogP contribution in [0.1, 0.15) is 24.1 Å². The van der Waals surface area contributed by atoms with Gasteiger partial charge in [0.1, 0.15) is 0 Å². The first-order valence-electron chi connectivity index (χ1n) is 6.86. The molecule has 2 amide bonds. The van der Waals surface area contributed by atoms with Gasteiger partial charge in [-0.2, -0.15) is 0 Å². The highest BCUT2D eigenvalue weighted by Gasteiger charge is 2.12. The summed E-state index contributed by atoms with van der Waals surface area (Å²) < 4.78 is 6.79. The van der Waals surface area contributed by atoms with Gasteiger partial charge < -0.3 is 15.4 Å². The fourth-order valence-electron chi connectivity index (χ4n) is 2.07. The zero-order chi connectivity index (χ0) is 16.1. The first-order valence-corrected chi connectivity index (χ1v) is 7.23. The molecule has 22 heavy (non-hydrogen) atoms. The van der Waals surface area contributed by atoms with Crippen LogP contribution in [-0.4, -0.2) is 22.9 Å². The first kappa shape index (κ1) is 16.2. The second-order valence-electron chi connectivity index (χ2n) is 4.94. The summed E-state index contributed by atoms with van der Waals surface area (Å²) in [5.74, 6) is 0.508. The van der Waals surface area contributed by atoms with Gasteiger partial charge in [0.15, 0.2) is 0 Å². The monoisotopic (exact) mass is 322 g/mol. The molecule has 0 saturated heterocycles. The minimum absolute atomic E-state index is 0.118. The molecular formula is C15H19ClN4O2. The van der Waals surface area contributed by atoms with Crippen LogP contribution in [0.5, 0.6) is 5.88 Å². The van der Waals surface area contributed by atoms with Crippen LogP contribution in [0.15, 0.2) is 30.5 Å². The number of aromatic nitrogens is 2. The molecule has 1 heterocycles. The van der Waals surface area contributed by atoms with E-state index >= 15 is 0 Å². The number of carbonyl (C=O) groups is 1. The molecule has 0 radical (unpaired) electrons. The van der Waals surface area contributed by atoms with Crippen molar-refractivity contribution in [2.24, 2.45) is 7.05 Å². The Morgan fingerprint density at radius 2 is 2.09 bits per heavy atom. The van der Waals surface area contributed by atoms with Crippen molar-refractivity contribution >= 4 is 17.6 Å². The van der Waals surface area contributed by atoms with E-state index in [-0.39, 0.29) is 12.1 Å². The van der Waals surface area contributed by atoms with Crippen molar-refractivity contribution in [2.75, 3.05) is 7.11 Å². The van der Waals surface area contributed by atoms with Gasteiger partial charge in [0.2, 0.25) is 5.88 Å². The molecule has 0 spiro atoms. The van der Waals surface area contributed by atoms with Crippen molar-refractivity contribution in [3.63, 3.8) is 0 Å². The summed E-state index contributed by atoms with van der Waals surface area (Å²) in [7, 11) is 3.35. The Morgan fingerprint density at radius 1 is 1.41 bits per heavy atom. The number of halogens is 1. The third kappa shape index (κ3) is 4.14. The number of aryl methyl sites for hydroxylation is 1. The summed E-state index contributed by atoms with van der Waals surface area (Å²) in [4.78, 5) is 12.0. The molecule has 0 bridgehead atoms. The lowest BCUT2D eigenvalue weighted by Crippen LogP contribution is -2.36. The van der Waals surface area contributed by atoms with Crippen LogP contribution in [0.3, 0.4) is 0 Å². The molecule has 6 nitrogen and oxygen atoms in total. The van der Waals surface area contributed by atoms with E-state index in [4.69, 9.17) is 16.3 Å². The fraction of sp³-hybridized carbons (Fsp3) is 0.333.